The van der Waals surface area contributed by atoms with Crippen molar-refractivity contribution in [2.24, 2.45) is 0 Å². The Morgan fingerprint density at radius 3 is 2.66 bits per heavy atom. The summed E-state index contributed by atoms with van der Waals surface area (Å²) in [5.41, 5.74) is 0.0414. The van der Waals surface area contributed by atoms with Gasteiger partial charge in [0.05, 0.1) is 21.7 Å². The molecule has 0 unspecified atom stereocenters. The zero-order valence-corrected chi connectivity index (χ0v) is 19.8. The Morgan fingerprint density at radius 2 is 1.97 bits per heavy atom. The molecule has 10 heteroatoms. The summed E-state index contributed by atoms with van der Waals surface area (Å²) < 4.78 is 27.2. The molecule has 2 fully saturated rings. The number of rotatable bonds is 5. The van der Waals surface area contributed by atoms with Crippen LogP contribution in [0.5, 0.6) is 0 Å². The van der Waals surface area contributed by atoms with Crippen LogP contribution in [0.3, 0.4) is 0 Å². The molecule has 2 amide bonds. The van der Waals surface area contributed by atoms with E-state index in [9.17, 15) is 18.4 Å². The number of carbonyl (C=O) groups is 2. The maximum atomic E-state index is 14.0. The fourth-order valence-electron chi connectivity index (χ4n) is 4.81. The van der Waals surface area contributed by atoms with E-state index in [4.69, 9.17) is 0 Å². The third-order valence-electron chi connectivity index (χ3n) is 6.77. The normalized spacial score (nSPS) is 20.7. The molecule has 1 atom stereocenters. The van der Waals surface area contributed by atoms with Crippen LogP contribution in [-0.4, -0.2) is 53.1 Å². The molecule has 182 valence electrons. The van der Waals surface area contributed by atoms with Crippen LogP contribution >= 0.6 is 11.3 Å². The summed E-state index contributed by atoms with van der Waals surface area (Å²) in [5, 5.41) is 14.7. The van der Waals surface area contributed by atoms with Crippen molar-refractivity contribution in [1.82, 2.24) is 25.7 Å². The van der Waals surface area contributed by atoms with Gasteiger partial charge in [-0.2, -0.15) is 10.2 Å². The van der Waals surface area contributed by atoms with E-state index < -0.39 is 23.1 Å². The van der Waals surface area contributed by atoms with Gasteiger partial charge >= 0.3 is 0 Å². The highest BCUT2D eigenvalue weighted by Gasteiger charge is 2.39. The largest absolute Gasteiger partial charge is 0.339 e. The standard InChI is InChI=1S/C25H25F2N5O2S/c26-17-3-4-18(19(27)14-17)24(34)32-12-7-16(8-13-32)20-5-6-21(35-20)23(33)30-25(9-11-28-15-25)22-2-1-10-29-31-22/h1-6,10,14,16,28H,7-9,11-13,15H2,(H,30,33)/t25-/m0/s1. The van der Waals surface area contributed by atoms with Gasteiger partial charge in [-0.25, -0.2) is 8.78 Å². The van der Waals surface area contributed by atoms with E-state index in [2.05, 4.69) is 20.8 Å². The zero-order chi connectivity index (χ0) is 24.4. The molecule has 0 saturated carbocycles. The van der Waals surface area contributed by atoms with Crippen LogP contribution in [0.1, 0.15) is 55.8 Å². The highest BCUT2D eigenvalue weighted by atomic mass is 32.1. The lowest BCUT2D eigenvalue weighted by atomic mass is 9.93. The lowest BCUT2D eigenvalue weighted by Gasteiger charge is -2.31. The third-order valence-corrected chi connectivity index (χ3v) is 8.01. The van der Waals surface area contributed by atoms with Crippen molar-refractivity contribution in [1.29, 1.82) is 0 Å². The number of likely N-dealkylation sites (tertiary alicyclic amines) is 1. The Morgan fingerprint density at radius 1 is 1.14 bits per heavy atom. The number of benzene rings is 1. The number of thiophene rings is 1. The van der Waals surface area contributed by atoms with Gasteiger partial charge in [-0.3, -0.25) is 9.59 Å². The first kappa shape index (κ1) is 23.5. The molecular formula is C25H25F2N5O2S. The topological polar surface area (TPSA) is 87.2 Å². The van der Waals surface area contributed by atoms with Crippen molar-refractivity contribution in [2.75, 3.05) is 26.2 Å². The lowest BCUT2D eigenvalue weighted by molar-refractivity contribution is 0.0708. The van der Waals surface area contributed by atoms with Gasteiger partial charge in [-0.15, -0.1) is 11.3 Å². The van der Waals surface area contributed by atoms with Crippen LogP contribution in [0.2, 0.25) is 0 Å². The fraction of sp³-hybridized carbons (Fsp3) is 0.360. The Labute approximate surface area is 205 Å². The van der Waals surface area contributed by atoms with Crippen LogP contribution in [-0.2, 0) is 5.54 Å². The number of amides is 2. The first-order valence-electron chi connectivity index (χ1n) is 11.6. The second-order valence-corrected chi connectivity index (χ2v) is 10.1. The van der Waals surface area contributed by atoms with Crippen LogP contribution < -0.4 is 10.6 Å². The fourth-order valence-corrected chi connectivity index (χ4v) is 5.88. The molecular weight excluding hydrogens is 472 g/mol. The second kappa shape index (κ2) is 9.79. The molecule has 2 aromatic heterocycles. The highest BCUT2D eigenvalue weighted by Crippen LogP contribution is 2.34. The summed E-state index contributed by atoms with van der Waals surface area (Å²) in [6, 6.07) is 10.5. The molecule has 0 bridgehead atoms. The molecule has 4 heterocycles. The average Bonchev–Trinajstić information content (AvgIpc) is 3.55. The number of hydrogen-bond donors (Lipinski definition) is 2. The number of aromatic nitrogens is 2. The summed E-state index contributed by atoms with van der Waals surface area (Å²) in [4.78, 5) is 29.1. The van der Waals surface area contributed by atoms with Crippen LogP contribution in [0, 0.1) is 11.6 Å². The first-order valence-corrected chi connectivity index (χ1v) is 12.4. The van der Waals surface area contributed by atoms with Crippen molar-refractivity contribution in [2.45, 2.75) is 30.7 Å². The summed E-state index contributed by atoms with van der Waals surface area (Å²) >= 11 is 1.46. The summed E-state index contributed by atoms with van der Waals surface area (Å²) in [6.45, 7) is 2.32. The van der Waals surface area contributed by atoms with Crippen molar-refractivity contribution >= 4 is 23.2 Å². The van der Waals surface area contributed by atoms with E-state index in [-0.39, 0.29) is 17.4 Å². The molecule has 0 radical (unpaired) electrons. The molecule has 2 aliphatic rings. The summed E-state index contributed by atoms with van der Waals surface area (Å²) in [6.07, 6.45) is 3.77. The molecule has 2 aliphatic heterocycles. The van der Waals surface area contributed by atoms with Crippen molar-refractivity contribution in [3.8, 4) is 0 Å². The average molecular weight is 498 g/mol. The maximum absolute atomic E-state index is 14.0. The predicted octanol–water partition coefficient (Wildman–Crippen LogP) is 3.45. The molecule has 5 rings (SSSR count). The first-order chi connectivity index (χ1) is 16.9. The minimum atomic E-state index is -0.845. The molecule has 3 aromatic rings. The van der Waals surface area contributed by atoms with Crippen LogP contribution in [0.25, 0.3) is 0 Å². The van der Waals surface area contributed by atoms with Crippen molar-refractivity contribution in [3.05, 3.63) is 81.3 Å². The number of nitrogens with one attached hydrogen (secondary N) is 2. The Balaban J connectivity index is 1.22. The Kier molecular flexibility index (Phi) is 6.57. The number of halogens is 2. The van der Waals surface area contributed by atoms with Gasteiger partial charge in [-0.05, 0) is 68.1 Å². The van der Waals surface area contributed by atoms with E-state index in [0.29, 0.717) is 37.4 Å². The van der Waals surface area contributed by atoms with Gasteiger partial charge in [0.1, 0.15) is 11.6 Å². The van der Waals surface area contributed by atoms with Crippen molar-refractivity contribution in [3.63, 3.8) is 0 Å². The number of carbonyl (C=O) groups excluding carboxylic acids is 2. The van der Waals surface area contributed by atoms with Crippen LogP contribution in [0.4, 0.5) is 8.78 Å². The predicted molar refractivity (Wildman–Crippen MR) is 127 cm³/mol. The van der Waals surface area contributed by atoms with Crippen molar-refractivity contribution < 1.29 is 18.4 Å². The minimum Gasteiger partial charge on any atom is -0.339 e. The maximum Gasteiger partial charge on any atom is 0.262 e. The summed E-state index contributed by atoms with van der Waals surface area (Å²) in [5.74, 6) is -1.91. The Hall–Kier alpha value is -3.24. The number of nitrogens with zero attached hydrogens (tertiary/aromatic N) is 3. The molecule has 35 heavy (non-hydrogen) atoms. The minimum absolute atomic E-state index is 0.113. The van der Waals surface area contributed by atoms with E-state index in [0.717, 1.165) is 35.7 Å². The highest BCUT2D eigenvalue weighted by molar-refractivity contribution is 7.14. The number of hydrogen-bond acceptors (Lipinski definition) is 6. The lowest BCUT2D eigenvalue weighted by Crippen LogP contribution is -2.48. The molecule has 7 nitrogen and oxygen atoms in total. The quantitative estimate of drug-likeness (QED) is 0.564. The van der Waals surface area contributed by atoms with Gasteiger partial charge in [0.15, 0.2) is 0 Å². The van der Waals surface area contributed by atoms with Gasteiger partial charge in [0, 0.05) is 36.8 Å². The summed E-state index contributed by atoms with van der Waals surface area (Å²) in [7, 11) is 0. The monoisotopic (exact) mass is 497 g/mol. The second-order valence-electron chi connectivity index (χ2n) is 8.96. The SMILES string of the molecule is O=C(N[C@@]1(c2cccnn2)CCNC1)c1ccc(C2CCN(C(=O)c3ccc(F)cc3F)CC2)s1. The molecule has 1 aromatic carbocycles. The molecule has 2 N–H and O–H groups in total. The van der Waals surface area contributed by atoms with E-state index in [1.54, 1.807) is 11.1 Å². The smallest absolute Gasteiger partial charge is 0.262 e. The van der Waals surface area contributed by atoms with E-state index in [1.165, 1.54) is 17.4 Å². The van der Waals surface area contributed by atoms with Gasteiger partial charge in [-0.1, -0.05) is 0 Å². The molecule has 0 spiro atoms. The van der Waals surface area contributed by atoms with E-state index >= 15 is 0 Å². The van der Waals surface area contributed by atoms with Gasteiger partial charge in [0.25, 0.3) is 11.8 Å². The third kappa shape index (κ3) is 4.81. The van der Waals surface area contributed by atoms with Crippen LogP contribution in [0.15, 0.2) is 48.7 Å². The van der Waals surface area contributed by atoms with E-state index in [1.807, 2.05) is 24.3 Å². The Bertz CT molecular complexity index is 1220. The van der Waals surface area contributed by atoms with Gasteiger partial charge in [0.2, 0.25) is 0 Å². The molecule has 0 aliphatic carbocycles. The molecule has 2 saturated heterocycles. The number of piperidine rings is 1. The van der Waals surface area contributed by atoms with Gasteiger partial charge < -0.3 is 15.5 Å². The zero-order valence-electron chi connectivity index (χ0n) is 19.0.